The first kappa shape index (κ1) is 15.6. The number of anilines is 1. The van der Waals surface area contributed by atoms with Crippen LogP contribution in [0.25, 0.3) is 0 Å². The highest BCUT2D eigenvalue weighted by atomic mass is 32.2. The maximum atomic E-state index is 12.5. The van der Waals surface area contributed by atoms with E-state index in [1.165, 1.54) is 8.61 Å². The number of aryl methyl sites for hydroxylation is 1. The molecule has 3 rings (SSSR count). The fraction of sp³-hybridized carbons (Fsp3) is 0.692. The van der Waals surface area contributed by atoms with Gasteiger partial charge in [-0.1, -0.05) is 0 Å². The largest absolute Gasteiger partial charge is 0.373 e. The summed E-state index contributed by atoms with van der Waals surface area (Å²) < 4.78 is 33.5. The normalized spacial score (nSPS) is 26.5. The number of aromatic nitrogens is 2. The maximum Gasteiger partial charge on any atom is 0.281 e. The quantitative estimate of drug-likeness (QED) is 0.743. The van der Waals surface area contributed by atoms with Gasteiger partial charge >= 0.3 is 0 Å². The highest BCUT2D eigenvalue weighted by Crippen LogP contribution is 2.27. The number of hydrogen-bond donors (Lipinski definition) is 0. The molecule has 0 spiro atoms. The molecule has 22 heavy (non-hydrogen) atoms. The Bertz CT molecular complexity index is 634. The zero-order chi connectivity index (χ0) is 15.9. The second-order valence-corrected chi connectivity index (χ2v) is 7.94. The summed E-state index contributed by atoms with van der Waals surface area (Å²) in [5.41, 5.74) is 0.994. The van der Waals surface area contributed by atoms with E-state index in [1.54, 1.807) is 26.5 Å². The van der Waals surface area contributed by atoms with Crippen molar-refractivity contribution in [3.63, 3.8) is 0 Å². The number of hydrogen-bond acceptors (Lipinski definition) is 6. The molecule has 0 bridgehead atoms. The first-order chi connectivity index (χ1) is 10.4. The molecule has 2 aliphatic heterocycles. The van der Waals surface area contributed by atoms with E-state index < -0.39 is 10.2 Å². The Labute approximate surface area is 130 Å². The minimum absolute atomic E-state index is 0.145. The Balaban J connectivity index is 1.82. The molecule has 0 aromatic carbocycles. The molecular formula is C13H21N5O3S. The molecule has 8 nitrogen and oxygen atoms in total. The van der Waals surface area contributed by atoms with Crippen molar-refractivity contribution in [2.24, 2.45) is 0 Å². The summed E-state index contributed by atoms with van der Waals surface area (Å²) in [4.78, 5) is 10.6. The molecule has 3 heterocycles. The van der Waals surface area contributed by atoms with E-state index in [1.807, 2.05) is 11.8 Å². The van der Waals surface area contributed by atoms with Gasteiger partial charge in [-0.25, -0.2) is 9.97 Å². The van der Waals surface area contributed by atoms with Crippen molar-refractivity contribution in [3.05, 3.63) is 18.0 Å². The van der Waals surface area contributed by atoms with E-state index in [2.05, 4.69) is 9.97 Å². The third-order valence-corrected chi connectivity index (χ3v) is 6.03. The number of rotatable bonds is 3. The van der Waals surface area contributed by atoms with Crippen LogP contribution < -0.4 is 4.90 Å². The number of nitrogens with zero attached hydrogens (tertiary/aromatic N) is 5. The fourth-order valence-electron chi connectivity index (χ4n) is 2.87. The molecule has 2 atom stereocenters. The third kappa shape index (κ3) is 2.69. The Morgan fingerprint density at radius 1 is 1.27 bits per heavy atom. The summed E-state index contributed by atoms with van der Waals surface area (Å²) >= 11 is 0. The van der Waals surface area contributed by atoms with E-state index in [0.717, 1.165) is 5.56 Å². The molecule has 2 fully saturated rings. The molecule has 0 N–H and O–H groups in total. The second-order valence-electron chi connectivity index (χ2n) is 5.84. The van der Waals surface area contributed by atoms with Gasteiger partial charge in [-0.2, -0.15) is 17.0 Å². The SMILES string of the molecule is Cc1cnc(N2C[C@H]3OCCN(S(=O)(=O)N(C)C)[C@H]3C2)nc1. The van der Waals surface area contributed by atoms with Gasteiger partial charge in [0.15, 0.2) is 0 Å². The third-order valence-electron chi connectivity index (χ3n) is 4.06. The van der Waals surface area contributed by atoms with Crippen molar-refractivity contribution in [1.29, 1.82) is 0 Å². The lowest BCUT2D eigenvalue weighted by molar-refractivity contribution is -0.0162. The first-order valence-corrected chi connectivity index (χ1v) is 8.64. The lowest BCUT2D eigenvalue weighted by atomic mass is 10.2. The molecule has 9 heteroatoms. The molecule has 2 aliphatic rings. The van der Waals surface area contributed by atoms with Crippen LogP contribution in [-0.2, 0) is 14.9 Å². The predicted octanol–water partition coefficient (Wildman–Crippen LogP) is -0.519. The monoisotopic (exact) mass is 327 g/mol. The van der Waals surface area contributed by atoms with Gasteiger partial charge in [-0.15, -0.1) is 0 Å². The van der Waals surface area contributed by atoms with Gasteiger partial charge in [-0.3, -0.25) is 0 Å². The topological polar surface area (TPSA) is 78.9 Å². The molecule has 0 radical (unpaired) electrons. The fourth-order valence-corrected chi connectivity index (χ4v) is 4.13. The highest BCUT2D eigenvalue weighted by Gasteiger charge is 2.46. The Morgan fingerprint density at radius 2 is 1.95 bits per heavy atom. The number of ether oxygens (including phenoxy) is 1. The van der Waals surface area contributed by atoms with Crippen molar-refractivity contribution in [2.45, 2.75) is 19.1 Å². The lowest BCUT2D eigenvalue weighted by Crippen LogP contribution is -2.55. The summed E-state index contributed by atoms with van der Waals surface area (Å²) in [6.07, 6.45) is 3.38. The van der Waals surface area contributed by atoms with E-state index in [9.17, 15) is 8.42 Å². The summed E-state index contributed by atoms with van der Waals surface area (Å²) in [7, 11) is -0.345. The van der Waals surface area contributed by atoms with Crippen molar-refractivity contribution in [2.75, 3.05) is 45.2 Å². The molecule has 0 unspecified atom stereocenters. The molecular weight excluding hydrogens is 306 g/mol. The van der Waals surface area contributed by atoms with E-state index in [4.69, 9.17) is 4.74 Å². The molecule has 0 amide bonds. The minimum atomic E-state index is -3.45. The molecule has 0 aliphatic carbocycles. The van der Waals surface area contributed by atoms with Crippen LogP contribution in [0.3, 0.4) is 0 Å². The minimum Gasteiger partial charge on any atom is -0.373 e. The van der Waals surface area contributed by atoms with Crippen molar-refractivity contribution < 1.29 is 13.2 Å². The predicted molar refractivity (Wildman–Crippen MR) is 81.8 cm³/mol. The standard InChI is InChI=1S/C13H21N5O3S/c1-10-6-14-13(15-7-10)17-8-11-12(9-17)21-5-4-18(11)22(19,20)16(2)3/h6-7,11-12H,4-5,8-9H2,1-3H3/t11-,12+/m0/s1. The van der Waals surface area contributed by atoms with E-state index in [-0.39, 0.29) is 12.1 Å². The van der Waals surface area contributed by atoms with Crippen molar-refractivity contribution >= 4 is 16.2 Å². The number of fused-ring (bicyclic) bond motifs is 1. The summed E-state index contributed by atoms with van der Waals surface area (Å²) in [5.74, 6) is 0.616. The van der Waals surface area contributed by atoms with Gasteiger partial charge in [0.05, 0.1) is 18.8 Å². The summed E-state index contributed by atoms with van der Waals surface area (Å²) in [6, 6.07) is -0.203. The molecule has 0 saturated carbocycles. The van der Waals surface area contributed by atoms with Gasteiger partial charge in [0.1, 0.15) is 0 Å². The van der Waals surface area contributed by atoms with Crippen molar-refractivity contribution in [3.8, 4) is 0 Å². The lowest BCUT2D eigenvalue weighted by Gasteiger charge is -2.36. The van der Waals surface area contributed by atoms with Crippen LogP contribution in [0, 0.1) is 6.92 Å². The van der Waals surface area contributed by atoms with Crippen LogP contribution >= 0.6 is 0 Å². The van der Waals surface area contributed by atoms with Crippen LogP contribution in [0.1, 0.15) is 5.56 Å². The van der Waals surface area contributed by atoms with Gasteiger partial charge in [0.2, 0.25) is 5.95 Å². The van der Waals surface area contributed by atoms with Gasteiger partial charge in [0, 0.05) is 46.1 Å². The molecule has 122 valence electrons. The zero-order valence-electron chi connectivity index (χ0n) is 13.0. The zero-order valence-corrected chi connectivity index (χ0v) is 13.8. The molecule has 2 saturated heterocycles. The average molecular weight is 327 g/mol. The first-order valence-electron chi connectivity index (χ1n) is 7.24. The van der Waals surface area contributed by atoms with E-state index in [0.29, 0.717) is 32.2 Å². The number of morpholine rings is 1. The van der Waals surface area contributed by atoms with Crippen LogP contribution in [-0.4, -0.2) is 79.5 Å². The Kier molecular flexibility index (Phi) is 4.06. The maximum absolute atomic E-state index is 12.5. The molecule has 1 aromatic rings. The van der Waals surface area contributed by atoms with Crippen LogP contribution in [0.15, 0.2) is 12.4 Å². The Hall–Kier alpha value is -1.29. The van der Waals surface area contributed by atoms with E-state index >= 15 is 0 Å². The Morgan fingerprint density at radius 3 is 2.59 bits per heavy atom. The summed E-state index contributed by atoms with van der Waals surface area (Å²) in [5, 5.41) is 0. The molecule has 1 aromatic heterocycles. The van der Waals surface area contributed by atoms with Gasteiger partial charge in [-0.05, 0) is 12.5 Å². The smallest absolute Gasteiger partial charge is 0.281 e. The highest BCUT2D eigenvalue weighted by molar-refractivity contribution is 7.86. The van der Waals surface area contributed by atoms with Gasteiger partial charge < -0.3 is 9.64 Å². The van der Waals surface area contributed by atoms with Crippen LogP contribution in [0.2, 0.25) is 0 Å². The van der Waals surface area contributed by atoms with Crippen LogP contribution in [0.4, 0.5) is 5.95 Å². The average Bonchev–Trinajstić information content (AvgIpc) is 2.91. The second kappa shape index (κ2) is 5.73. The van der Waals surface area contributed by atoms with Gasteiger partial charge in [0.25, 0.3) is 10.2 Å². The van der Waals surface area contributed by atoms with Crippen LogP contribution in [0.5, 0.6) is 0 Å². The summed E-state index contributed by atoms with van der Waals surface area (Å²) in [6.45, 7) is 3.87. The van der Waals surface area contributed by atoms with Crippen molar-refractivity contribution in [1.82, 2.24) is 18.6 Å².